The summed E-state index contributed by atoms with van der Waals surface area (Å²) in [5.74, 6) is 1.76. The third kappa shape index (κ3) is 4.96. The molecule has 2 aromatic heterocycles. The molecule has 0 fully saturated rings. The van der Waals surface area contributed by atoms with Crippen LogP contribution in [0.3, 0.4) is 0 Å². The highest BCUT2D eigenvalue weighted by Gasteiger charge is 2.22. The summed E-state index contributed by atoms with van der Waals surface area (Å²) in [6.07, 6.45) is 0. The van der Waals surface area contributed by atoms with Gasteiger partial charge in [0.15, 0.2) is 17.5 Å². The summed E-state index contributed by atoms with van der Waals surface area (Å²) in [5.41, 5.74) is 8.59. The van der Waals surface area contributed by atoms with Crippen LogP contribution >= 0.6 is 0 Å². The molecular formula is C47H29N3O. The Hall–Kier alpha value is -6.91. The van der Waals surface area contributed by atoms with Crippen LogP contribution in [0.4, 0.5) is 0 Å². The average molecular weight is 652 g/mol. The molecule has 10 rings (SSSR count). The van der Waals surface area contributed by atoms with E-state index in [1.807, 2.05) is 36.4 Å². The second-order valence-electron chi connectivity index (χ2n) is 12.8. The van der Waals surface area contributed by atoms with Gasteiger partial charge in [-0.15, -0.1) is 0 Å². The van der Waals surface area contributed by atoms with Gasteiger partial charge in [0, 0.05) is 21.9 Å². The Kier molecular flexibility index (Phi) is 6.78. The number of hydrogen-bond donors (Lipinski definition) is 0. The number of nitrogens with zero attached hydrogens (tertiary/aromatic N) is 3. The van der Waals surface area contributed by atoms with Gasteiger partial charge in [-0.2, -0.15) is 0 Å². The van der Waals surface area contributed by atoms with Crippen molar-refractivity contribution in [3.05, 3.63) is 176 Å². The van der Waals surface area contributed by atoms with Gasteiger partial charge in [-0.05, 0) is 62.0 Å². The SMILES string of the molecule is c1ccc(-c2ccccc2-c2nc(-c3c(-c4ccc5ccccc5c4)ccc4ccccc34)nc(-c3cccc4c3oc3ccccc34)n2)cc1. The first-order valence-corrected chi connectivity index (χ1v) is 17.1. The predicted molar refractivity (Wildman–Crippen MR) is 209 cm³/mol. The van der Waals surface area contributed by atoms with E-state index in [1.165, 1.54) is 10.8 Å². The lowest BCUT2D eigenvalue weighted by molar-refractivity contribution is 0.669. The lowest BCUT2D eigenvalue weighted by atomic mass is 9.92. The van der Waals surface area contributed by atoms with Crippen LogP contribution in [0.15, 0.2) is 180 Å². The van der Waals surface area contributed by atoms with Gasteiger partial charge in [0.2, 0.25) is 0 Å². The Morgan fingerprint density at radius 2 is 0.941 bits per heavy atom. The van der Waals surface area contributed by atoms with Crippen molar-refractivity contribution in [2.24, 2.45) is 0 Å². The van der Waals surface area contributed by atoms with Crippen molar-refractivity contribution in [1.82, 2.24) is 15.0 Å². The fraction of sp³-hybridized carbons (Fsp3) is 0. The van der Waals surface area contributed by atoms with Crippen LogP contribution in [-0.2, 0) is 0 Å². The molecule has 0 unspecified atom stereocenters. The predicted octanol–water partition coefficient (Wildman–Crippen LogP) is 12.4. The topological polar surface area (TPSA) is 51.8 Å². The normalized spacial score (nSPS) is 11.5. The van der Waals surface area contributed by atoms with Crippen LogP contribution in [-0.4, -0.2) is 15.0 Å². The molecule has 0 amide bonds. The van der Waals surface area contributed by atoms with E-state index in [1.54, 1.807) is 0 Å². The molecular weight excluding hydrogens is 623 g/mol. The average Bonchev–Trinajstić information content (AvgIpc) is 3.59. The van der Waals surface area contributed by atoms with Crippen molar-refractivity contribution < 1.29 is 4.42 Å². The highest BCUT2D eigenvalue weighted by atomic mass is 16.3. The number of fused-ring (bicyclic) bond motifs is 5. The first-order valence-electron chi connectivity index (χ1n) is 17.1. The second kappa shape index (κ2) is 11.9. The molecule has 2 heterocycles. The molecule has 0 radical (unpaired) electrons. The lowest BCUT2D eigenvalue weighted by Crippen LogP contribution is -2.02. The highest BCUT2D eigenvalue weighted by molar-refractivity contribution is 6.09. The van der Waals surface area contributed by atoms with Gasteiger partial charge in [0.1, 0.15) is 11.2 Å². The molecule has 4 heteroatoms. The van der Waals surface area contributed by atoms with Gasteiger partial charge in [-0.25, -0.2) is 15.0 Å². The molecule has 0 aliphatic carbocycles. The lowest BCUT2D eigenvalue weighted by Gasteiger charge is -2.16. The van der Waals surface area contributed by atoms with Crippen LogP contribution in [0.5, 0.6) is 0 Å². The molecule has 51 heavy (non-hydrogen) atoms. The summed E-state index contributed by atoms with van der Waals surface area (Å²) in [4.78, 5) is 15.9. The molecule has 4 nitrogen and oxygen atoms in total. The van der Waals surface area contributed by atoms with Crippen molar-refractivity contribution in [2.75, 3.05) is 0 Å². The molecule has 0 saturated heterocycles. The number of hydrogen-bond acceptors (Lipinski definition) is 4. The van der Waals surface area contributed by atoms with Crippen LogP contribution in [0.2, 0.25) is 0 Å². The maximum Gasteiger partial charge on any atom is 0.167 e. The Morgan fingerprint density at radius 3 is 1.80 bits per heavy atom. The first kappa shape index (κ1) is 29.0. The Balaban J connectivity index is 1.29. The quantitative estimate of drug-likeness (QED) is 0.186. The van der Waals surface area contributed by atoms with Crippen molar-refractivity contribution in [1.29, 1.82) is 0 Å². The number of para-hydroxylation sites is 2. The number of aromatic nitrogens is 3. The third-order valence-corrected chi connectivity index (χ3v) is 9.75. The maximum atomic E-state index is 6.53. The third-order valence-electron chi connectivity index (χ3n) is 9.75. The molecule has 0 atom stereocenters. The summed E-state index contributed by atoms with van der Waals surface area (Å²) in [6, 6.07) is 61.0. The minimum absolute atomic E-state index is 0.555. The van der Waals surface area contributed by atoms with Crippen molar-refractivity contribution in [3.8, 4) is 56.4 Å². The van der Waals surface area contributed by atoms with E-state index in [0.29, 0.717) is 17.5 Å². The summed E-state index contributed by atoms with van der Waals surface area (Å²) in [7, 11) is 0. The van der Waals surface area contributed by atoms with Gasteiger partial charge in [0.05, 0.1) is 5.56 Å². The Labute approximate surface area is 294 Å². The van der Waals surface area contributed by atoms with Crippen molar-refractivity contribution in [3.63, 3.8) is 0 Å². The standard InChI is InChI=1S/C47H29N3O/c1-2-14-31(15-3-1)35-18-8-9-21-40(35)45-48-46(41-23-12-22-39-38-20-10-11-24-42(38)51-44(39)41)50-47(49-45)43-36-19-7-6-16-32(36)27-28-37(43)34-26-25-30-13-4-5-17-33(30)29-34/h1-29H. The van der Waals surface area contributed by atoms with Gasteiger partial charge in [-0.3, -0.25) is 0 Å². The van der Waals surface area contributed by atoms with Gasteiger partial charge in [0.25, 0.3) is 0 Å². The van der Waals surface area contributed by atoms with Crippen LogP contribution in [0.25, 0.3) is 99.9 Å². The summed E-state index contributed by atoms with van der Waals surface area (Å²) >= 11 is 0. The van der Waals surface area contributed by atoms with E-state index in [0.717, 1.165) is 71.7 Å². The molecule has 0 aliphatic rings. The summed E-state index contributed by atoms with van der Waals surface area (Å²) in [6.45, 7) is 0. The van der Waals surface area contributed by atoms with Gasteiger partial charge < -0.3 is 4.42 Å². The monoisotopic (exact) mass is 651 g/mol. The first-order chi connectivity index (χ1) is 25.3. The van der Waals surface area contributed by atoms with E-state index in [-0.39, 0.29) is 0 Å². The van der Waals surface area contributed by atoms with E-state index in [9.17, 15) is 0 Å². The number of rotatable bonds is 5. The molecule has 0 aliphatic heterocycles. The minimum atomic E-state index is 0.555. The zero-order chi connectivity index (χ0) is 33.7. The maximum absolute atomic E-state index is 6.53. The molecule has 0 bridgehead atoms. The number of benzene rings is 8. The van der Waals surface area contributed by atoms with Crippen molar-refractivity contribution in [2.45, 2.75) is 0 Å². The van der Waals surface area contributed by atoms with Gasteiger partial charge in [-0.1, -0.05) is 158 Å². The van der Waals surface area contributed by atoms with Gasteiger partial charge >= 0.3 is 0 Å². The zero-order valence-corrected chi connectivity index (χ0v) is 27.5. The van der Waals surface area contributed by atoms with Crippen LogP contribution in [0, 0.1) is 0 Å². The molecule has 10 aromatic rings. The Morgan fingerprint density at radius 1 is 0.333 bits per heavy atom. The summed E-state index contributed by atoms with van der Waals surface area (Å²) in [5, 5.41) is 6.66. The Bertz CT molecular complexity index is 2930. The fourth-order valence-electron chi connectivity index (χ4n) is 7.31. The summed E-state index contributed by atoms with van der Waals surface area (Å²) < 4.78 is 6.53. The van der Waals surface area contributed by atoms with E-state index < -0.39 is 0 Å². The molecule has 0 N–H and O–H groups in total. The van der Waals surface area contributed by atoms with Crippen LogP contribution in [0.1, 0.15) is 0 Å². The molecule has 238 valence electrons. The fourth-order valence-corrected chi connectivity index (χ4v) is 7.31. The molecule has 0 spiro atoms. The van der Waals surface area contributed by atoms with E-state index >= 15 is 0 Å². The smallest absolute Gasteiger partial charge is 0.167 e. The second-order valence-corrected chi connectivity index (χ2v) is 12.8. The zero-order valence-electron chi connectivity index (χ0n) is 27.5. The van der Waals surface area contributed by atoms with Crippen LogP contribution < -0.4 is 0 Å². The van der Waals surface area contributed by atoms with E-state index in [4.69, 9.17) is 19.4 Å². The molecule has 8 aromatic carbocycles. The van der Waals surface area contributed by atoms with E-state index in [2.05, 4.69) is 140 Å². The number of furan rings is 1. The minimum Gasteiger partial charge on any atom is -0.455 e. The van der Waals surface area contributed by atoms with Crippen molar-refractivity contribution >= 4 is 43.5 Å². The largest absolute Gasteiger partial charge is 0.455 e. The highest BCUT2D eigenvalue weighted by Crippen LogP contribution is 2.41. The molecule has 0 saturated carbocycles.